The molecule has 132 valence electrons. The van der Waals surface area contributed by atoms with Crippen molar-refractivity contribution < 1.29 is 14.6 Å². The molecule has 0 bridgehead atoms. The highest BCUT2D eigenvalue weighted by molar-refractivity contribution is 5.66. The van der Waals surface area contributed by atoms with Crippen LogP contribution in [0.4, 0.5) is 0 Å². The van der Waals surface area contributed by atoms with E-state index in [2.05, 4.69) is 31.2 Å². The Hall–Kier alpha value is -1.09. The molecule has 3 heteroatoms. The van der Waals surface area contributed by atoms with Gasteiger partial charge >= 0.3 is 5.97 Å². The van der Waals surface area contributed by atoms with Gasteiger partial charge < -0.3 is 9.84 Å². The van der Waals surface area contributed by atoms with E-state index in [1.54, 1.807) is 0 Å². The molecule has 2 unspecified atom stereocenters. The third kappa shape index (κ3) is 12.1. The van der Waals surface area contributed by atoms with Crippen molar-refractivity contribution in [3.05, 3.63) is 24.3 Å². The van der Waals surface area contributed by atoms with Crippen LogP contribution in [0.5, 0.6) is 0 Å². The number of carboxylic acids is 1. The maximum absolute atomic E-state index is 10.4. The lowest BCUT2D eigenvalue weighted by Gasteiger charge is -1.95. The minimum absolute atomic E-state index is 0.276. The van der Waals surface area contributed by atoms with E-state index in [1.807, 2.05) is 0 Å². The summed E-state index contributed by atoms with van der Waals surface area (Å²) in [6, 6.07) is 0. The fourth-order valence-corrected chi connectivity index (χ4v) is 2.72. The van der Waals surface area contributed by atoms with E-state index in [0.29, 0.717) is 12.2 Å². The predicted octanol–water partition coefficient (Wildman–Crippen LogP) is 5.65. The van der Waals surface area contributed by atoms with Gasteiger partial charge in [0.2, 0.25) is 0 Å². The van der Waals surface area contributed by atoms with Gasteiger partial charge in [0.25, 0.3) is 0 Å². The molecule has 1 aliphatic heterocycles. The van der Waals surface area contributed by atoms with Crippen LogP contribution in [0.25, 0.3) is 0 Å². The van der Waals surface area contributed by atoms with Crippen LogP contribution in [0.2, 0.25) is 0 Å². The van der Waals surface area contributed by atoms with Crippen LogP contribution >= 0.6 is 0 Å². The van der Waals surface area contributed by atoms with E-state index >= 15 is 0 Å². The number of hydrogen-bond acceptors (Lipinski definition) is 2. The molecule has 0 radical (unpaired) electrons. The molecule has 1 saturated heterocycles. The fraction of sp³-hybridized carbons (Fsp3) is 0.750. The first-order chi connectivity index (χ1) is 11.2. The lowest BCUT2D eigenvalue weighted by atomic mass is 10.1. The highest BCUT2D eigenvalue weighted by atomic mass is 16.6. The van der Waals surface area contributed by atoms with Crippen molar-refractivity contribution in [2.75, 3.05) is 0 Å². The number of carbonyl (C=O) groups is 1. The number of epoxide rings is 1. The van der Waals surface area contributed by atoms with Crippen LogP contribution in [-0.2, 0) is 9.53 Å². The largest absolute Gasteiger partial charge is 0.481 e. The minimum atomic E-state index is -0.701. The van der Waals surface area contributed by atoms with E-state index in [-0.39, 0.29) is 6.42 Å². The first-order valence-electron chi connectivity index (χ1n) is 9.41. The quantitative estimate of drug-likeness (QED) is 0.241. The Morgan fingerprint density at radius 3 is 2.26 bits per heavy atom. The molecular weight excluding hydrogens is 288 g/mol. The second-order valence-corrected chi connectivity index (χ2v) is 6.46. The van der Waals surface area contributed by atoms with Crippen LogP contribution in [0.1, 0.15) is 84.0 Å². The highest BCUT2D eigenvalue weighted by Gasteiger charge is 2.36. The van der Waals surface area contributed by atoms with E-state index in [4.69, 9.17) is 9.84 Å². The standard InChI is InChI=1S/C20H34O3/c1-2-3-4-5-9-12-15-18-19(23-18)16-13-10-7-6-8-11-14-17-20(21)22/h6,8-9,12,18-19H,2-5,7,10-11,13-17H2,1H3,(H,21,22)/b8-6-,12-9-. The molecule has 0 aromatic heterocycles. The number of aliphatic carboxylic acids is 1. The molecule has 1 aliphatic rings. The monoisotopic (exact) mass is 322 g/mol. The molecule has 0 amide bonds. The zero-order chi connectivity index (χ0) is 16.8. The lowest BCUT2D eigenvalue weighted by molar-refractivity contribution is -0.137. The lowest BCUT2D eigenvalue weighted by Crippen LogP contribution is -1.93. The van der Waals surface area contributed by atoms with Crippen molar-refractivity contribution in [3.8, 4) is 0 Å². The Bertz CT molecular complexity index is 360. The Labute approximate surface area is 141 Å². The van der Waals surface area contributed by atoms with Crippen molar-refractivity contribution in [1.82, 2.24) is 0 Å². The summed E-state index contributed by atoms with van der Waals surface area (Å²) in [5, 5.41) is 8.53. The molecule has 0 aromatic rings. The summed E-state index contributed by atoms with van der Waals surface area (Å²) in [6.45, 7) is 2.24. The minimum Gasteiger partial charge on any atom is -0.481 e. The van der Waals surface area contributed by atoms with Gasteiger partial charge in [-0.2, -0.15) is 0 Å². The number of rotatable bonds is 15. The summed E-state index contributed by atoms with van der Waals surface area (Å²) in [7, 11) is 0. The number of unbranched alkanes of at least 4 members (excludes halogenated alkanes) is 6. The van der Waals surface area contributed by atoms with Crippen LogP contribution < -0.4 is 0 Å². The maximum atomic E-state index is 10.4. The van der Waals surface area contributed by atoms with Crippen LogP contribution in [0, 0.1) is 0 Å². The van der Waals surface area contributed by atoms with Crippen LogP contribution in [0.15, 0.2) is 24.3 Å². The Morgan fingerprint density at radius 1 is 0.913 bits per heavy atom. The Balaban J connectivity index is 1.85. The van der Waals surface area contributed by atoms with E-state index < -0.39 is 5.97 Å². The number of hydrogen-bond donors (Lipinski definition) is 1. The smallest absolute Gasteiger partial charge is 0.303 e. The van der Waals surface area contributed by atoms with Gasteiger partial charge in [-0.1, -0.05) is 50.5 Å². The van der Waals surface area contributed by atoms with Gasteiger partial charge in [0.05, 0.1) is 12.2 Å². The molecule has 0 saturated carbocycles. The second-order valence-electron chi connectivity index (χ2n) is 6.46. The molecule has 23 heavy (non-hydrogen) atoms. The normalized spacial score (nSPS) is 20.6. The van der Waals surface area contributed by atoms with Crippen molar-refractivity contribution >= 4 is 5.97 Å². The molecule has 3 nitrogen and oxygen atoms in total. The number of carboxylic acid groups (broad SMARTS) is 1. The molecule has 2 atom stereocenters. The summed E-state index contributed by atoms with van der Waals surface area (Å²) < 4.78 is 5.70. The van der Waals surface area contributed by atoms with Crippen molar-refractivity contribution in [1.29, 1.82) is 0 Å². The molecule has 0 spiro atoms. The predicted molar refractivity (Wildman–Crippen MR) is 95.7 cm³/mol. The molecule has 1 rings (SSSR count). The van der Waals surface area contributed by atoms with Gasteiger partial charge in [-0.25, -0.2) is 0 Å². The number of ether oxygens (including phenoxy) is 1. The molecule has 1 fully saturated rings. The van der Waals surface area contributed by atoms with Gasteiger partial charge in [0, 0.05) is 6.42 Å². The molecule has 0 aromatic carbocycles. The maximum Gasteiger partial charge on any atom is 0.303 e. The fourth-order valence-electron chi connectivity index (χ4n) is 2.72. The van der Waals surface area contributed by atoms with Crippen LogP contribution in [0.3, 0.4) is 0 Å². The zero-order valence-electron chi connectivity index (χ0n) is 14.7. The SMILES string of the molecule is CCCCC/C=C\CC1OC1CCCC/C=C\CCCC(=O)O. The van der Waals surface area contributed by atoms with Gasteiger partial charge in [-0.3, -0.25) is 4.79 Å². The van der Waals surface area contributed by atoms with Crippen molar-refractivity contribution in [2.24, 2.45) is 0 Å². The average molecular weight is 322 g/mol. The van der Waals surface area contributed by atoms with Gasteiger partial charge in [-0.05, 0) is 51.4 Å². The average Bonchev–Trinajstić information content (AvgIpc) is 3.27. The second kappa shape index (κ2) is 13.4. The molecule has 0 aliphatic carbocycles. The zero-order valence-corrected chi connectivity index (χ0v) is 14.7. The van der Waals surface area contributed by atoms with Gasteiger partial charge in [0.1, 0.15) is 0 Å². The first-order valence-corrected chi connectivity index (χ1v) is 9.41. The van der Waals surface area contributed by atoms with E-state index in [9.17, 15) is 4.79 Å². The summed E-state index contributed by atoms with van der Waals surface area (Å²) in [5.41, 5.74) is 0. The van der Waals surface area contributed by atoms with E-state index in [1.165, 1.54) is 44.9 Å². The summed E-state index contributed by atoms with van der Waals surface area (Å²) in [5.74, 6) is -0.701. The van der Waals surface area contributed by atoms with E-state index in [0.717, 1.165) is 25.7 Å². The third-order valence-electron chi connectivity index (χ3n) is 4.23. The topological polar surface area (TPSA) is 49.8 Å². The number of allylic oxidation sites excluding steroid dienone is 3. The first kappa shape index (κ1) is 20.0. The van der Waals surface area contributed by atoms with Gasteiger partial charge in [0.15, 0.2) is 0 Å². The Kier molecular flexibility index (Phi) is 11.6. The van der Waals surface area contributed by atoms with Crippen molar-refractivity contribution in [2.45, 2.75) is 96.2 Å². The summed E-state index contributed by atoms with van der Waals surface area (Å²) >= 11 is 0. The van der Waals surface area contributed by atoms with Gasteiger partial charge in [-0.15, -0.1) is 0 Å². The summed E-state index contributed by atoms with van der Waals surface area (Å²) in [6.07, 6.45) is 22.7. The van der Waals surface area contributed by atoms with Crippen LogP contribution in [-0.4, -0.2) is 23.3 Å². The molecular formula is C20H34O3. The highest BCUT2D eigenvalue weighted by Crippen LogP contribution is 2.30. The molecule has 1 heterocycles. The third-order valence-corrected chi connectivity index (χ3v) is 4.23. The summed E-state index contributed by atoms with van der Waals surface area (Å²) in [4.78, 5) is 10.4. The van der Waals surface area contributed by atoms with Crippen molar-refractivity contribution in [3.63, 3.8) is 0 Å². The molecule has 1 N–H and O–H groups in total. The Morgan fingerprint density at radius 2 is 1.57 bits per heavy atom.